The molecule has 0 radical (unpaired) electrons. The molecule has 1 unspecified atom stereocenters. The van der Waals surface area contributed by atoms with Gasteiger partial charge in [0, 0.05) is 23.1 Å². The predicted octanol–water partition coefficient (Wildman–Crippen LogP) is 3.86. The zero-order valence-corrected chi connectivity index (χ0v) is 17.0. The molecule has 150 valence electrons. The fourth-order valence-corrected chi connectivity index (χ4v) is 4.80. The van der Waals surface area contributed by atoms with Crippen molar-refractivity contribution in [3.05, 3.63) is 88.3 Å². The van der Waals surface area contributed by atoms with Crippen LogP contribution in [0.4, 0.5) is 5.69 Å². The van der Waals surface area contributed by atoms with Gasteiger partial charge in [0.25, 0.3) is 5.91 Å². The number of carbonyl (C=O) groups excluding carboxylic acids is 1. The molecule has 0 bridgehead atoms. The van der Waals surface area contributed by atoms with Crippen molar-refractivity contribution in [1.29, 1.82) is 0 Å². The van der Waals surface area contributed by atoms with Crippen molar-refractivity contribution < 1.29 is 9.21 Å². The summed E-state index contributed by atoms with van der Waals surface area (Å²) in [5.74, 6) is -0.223. The first-order chi connectivity index (χ1) is 15.0. The number of amides is 1. The van der Waals surface area contributed by atoms with E-state index in [9.17, 15) is 9.59 Å². The highest BCUT2D eigenvalue weighted by Gasteiger charge is 2.50. The van der Waals surface area contributed by atoms with Gasteiger partial charge >= 0.3 is 5.63 Å². The van der Waals surface area contributed by atoms with E-state index in [4.69, 9.17) is 16.6 Å². The molecule has 3 heterocycles. The van der Waals surface area contributed by atoms with E-state index in [0.717, 1.165) is 27.4 Å². The molecule has 1 atom stereocenters. The highest BCUT2D eigenvalue weighted by Crippen LogP contribution is 2.40. The Hall–Kier alpha value is -3.84. The third-order valence-corrected chi connectivity index (χ3v) is 6.16. The molecule has 31 heavy (non-hydrogen) atoms. The van der Waals surface area contributed by atoms with E-state index in [1.54, 1.807) is 12.1 Å². The van der Waals surface area contributed by atoms with Gasteiger partial charge in [0.2, 0.25) is 0 Å². The molecular formula is C24H15N3O3S. The zero-order chi connectivity index (χ0) is 21.2. The van der Waals surface area contributed by atoms with Crippen molar-refractivity contribution in [2.75, 3.05) is 5.32 Å². The van der Waals surface area contributed by atoms with E-state index in [1.807, 2.05) is 54.6 Å². The molecule has 2 aliphatic rings. The number of carbonyl (C=O) groups is 1. The van der Waals surface area contributed by atoms with Crippen LogP contribution in [-0.2, 0) is 10.3 Å². The van der Waals surface area contributed by atoms with Crippen LogP contribution >= 0.6 is 12.2 Å². The van der Waals surface area contributed by atoms with Gasteiger partial charge in [-0.3, -0.25) is 4.79 Å². The Morgan fingerprint density at radius 3 is 2.68 bits per heavy atom. The Morgan fingerprint density at radius 1 is 0.968 bits per heavy atom. The van der Waals surface area contributed by atoms with Crippen LogP contribution in [0.5, 0.6) is 0 Å². The largest absolute Gasteiger partial charge is 0.422 e. The molecule has 1 amide bonds. The lowest BCUT2D eigenvalue weighted by Gasteiger charge is -2.33. The summed E-state index contributed by atoms with van der Waals surface area (Å²) in [6, 6.07) is 20.8. The summed E-state index contributed by atoms with van der Waals surface area (Å²) in [7, 11) is 0. The zero-order valence-electron chi connectivity index (χ0n) is 16.1. The molecule has 0 aliphatic carbocycles. The first-order valence-corrected chi connectivity index (χ1v) is 10.2. The Labute approximate surface area is 181 Å². The van der Waals surface area contributed by atoms with Crippen LogP contribution < -0.4 is 16.3 Å². The predicted molar refractivity (Wildman–Crippen MR) is 124 cm³/mol. The minimum atomic E-state index is -1.11. The van der Waals surface area contributed by atoms with Gasteiger partial charge in [-0.1, -0.05) is 48.5 Å². The number of fused-ring (bicyclic) bond motifs is 5. The molecule has 6 rings (SSSR count). The van der Waals surface area contributed by atoms with E-state index in [-0.39, 0.29) is 17.4 Å². The lowest BCUT2D eigenvalue weighted by molar-refractivity contribution is -0.121. The summed E-state index contributed by atoms with van der Waals surface area (Å²) >= 11 is 5.38. The second-order valence-electron chi connectivity index (χ2n) is 7.72. The van der Waals surface area contributed by atoms with Crippen molar-refractivity contribution in [3.8, 4) is 0 Å². The molecule has 3 aromatic carbocycles. The van der Waals surface area contributed by atoms with Crippen molar-refractivity contribution in [2.45, 2.75) is 12.0 Å². The SMILES string of the molecule is O=C1Nc2ccccc2C12CC(c1cc3c(ccc4ccccc43)oc1=O)=NC(=S)N2. The molecule has 0 fully saturated rings. The van der Waals surface area contributed by atoms with Crippen molar-refractivity contribution in [2.24, 2.45) is 4.99 Å². The number of anilines is 1. The van der Waals surface area contributed by atoms with Gasteiger partial charge in [-0.15, -0.1) is 0 Å². The lowest BCUT2D eigenvalue weighted by atomic mass is 9.83. The van der Waals surface area contributed by atoms with Crippen molar-refractivity contribution >= 4 is 56.4 Å². The molecular weight excluding hydrogens is 410 g/mol. The fraction of sp³-hybridized carbons (Fsp3) is 0.0833. The van der Waals surface area contributed by atoms with Crippen molar-refractivity contribution in [1.82, 2.24) is 5.32 Å². The third kappa shape index (κ3) is 2.56. The smallest absolute Gasteiger partial charge is 0.345 e. The molecule has 6 nitrogen and oxygen atoms in total. The summed E-state index contributed by atoms with van der Waals surface area (Å²) in [5, 5.41) is 8.97. The molecule has 0 saturated carbocycles. The summed E-state index contributed by atoms with van der Waals surface area (Å²) in [4.78, 5) is 30.3. The summed E-state index contributed by atoms with van der Waals surface area (Å²) in [6.07, 6.45) is 0.178. The number of para-hydroxylation sites is 1. The van der Waals surface area contributed by atoms with Crippen LogP contribution in [0, 0.1) is 0 Å². The van der Waals surface area contributed by atoms with Crippen LogP contribution in [0.3, 0.4) is 0 Å². The molecule has 0 saturated heterocycles. The van der Waals surface area contributed by atoms with E-state index < -0.39 is 11.2 Å². The summed E-state index contributed by atoms with van der Waals surface area (Å²) in [6.45, 7) is 0. The standard InChI is InChI=1S/C24H15N3O3S/c28-21-16(11-15-14-6-2-1-5-13(14)9-10-20(15)30-21)19-12-24(27-23(31)26-19)17-7-3-4-8-18(17)25-22(24)29/h1-11H,12H2,(H,25,29)(H,27,31). The number of hydrogen-bond acceptors (Lipinski definition) is 4. The number of thiocarbonyl (C=S) groups is 1. The first kappa shape index (κ1) is 18.0. The number of hydrogen-bond donors (Lipinski definition) is 2. The third-order valence-electron chi connectivity index (χ3n) is 5.96. The molecule has 2 N–H and O–H groups in total. The van der Waals surface area contributed by atoms with E-state index in [0.29, 0.717) is 16.9 Å². The number of aliphatic imine (C=N–C) groups is 1. The fourth-order valence-electron chi connectivity index (χ4n) is 4.51. The van der Waals surface area contributed by atoms with Crippen LogP contribution in [0.1, 0.15) is 17.5 Å². The number of rotatable bonds is 1. The van der Waals surface area contributed by atoms with Crippen LogP contribution in [0.15, 0.2) is 80.9 Å². The van der Waals surface area contributed by atoms with Gasteiger partial charge < -0.3 is 15.1 Å². The number of benzene rings is 3. The maximum Gasteiger partial charge on any atom is 0.345 e. The minimum Gasteiger partial charge on any atom is -0.422 e. The average Bonchev–Trinajstić information content (AvgIpc) is 3.03. The highest BCUT2D eigenvalue weighted by atomic mass is 32.1. The van der Waals surface area contributed by atoms with Crippen LogP contribution in [0.2, 0.25) is 0 Å². The van der Waals surface area contributed by atoms with E-state index in [1.165, 1.54) is 0 Å². The van der Waals surface area contributed by atoms with Gasteiger partial charge in [0.1, 0.15) is 5.58 Å². The monoisotopic (exact) mass is 425 g/mol. The number of nitrogens with zero attached hydrogens (tertiary/aromatic N) is 1. The van der Waals surface area contributed by atoms with Crippen LogP contribution in [0.25, 0.3) is 21.7 Å². The van der Waals surface area contributed by atoms with Crippen LogP contribution in [-0.4, -0.2) is 16.7 Å². The van der Waals surface area contributed by atoms with Gasteiger partial charge in [-0.05, 0) is 41.2 Å². The molecule has 1 spiro atoms. The van der Waals surface area contributed by atoms with E-state index >= 15 is 0 Å². The molecule has 7 heteroatoms. The highest BCUT2D eigenvalue weighted by molar-refractivity contribution is 7.80. The maximum absolute atomic E-state index is 13.0. The van der Waals surface area contributed by atoms with Crippen molar-refractivity contribution in [3.63, 3.8) is 0 Å². The van der Waals surface area contributed by atoms with Gasteiger partial charge in [0.15, 0.2) is 10.7 Å². The van der Waals surface area contributed by atoms with Gasteiger partial charge in [0.05, 0.1) is 11.3 Å². The summed E-state index contributed by atoms with van der Waals surface area (Å²) < 4.78 is 5.64. The second-order valence-corrected chi connectivity index (χ2v) is 8.10. The molecule has 2 aliphatic heterocycles. The molecule has 4 aromatic rings. The Balaban J connectivity index is 1.55. The second kappa shape index (κ2) is 6.33. The molecule has 1 aromatic heterocycles. The van der Waals surface area contributed by atoms with Gasteiger partial charge in [-0.2, -0.15) is 0 Å². The quantitative estimate of drug-likeness (QED) is 0.275. The number of nitrogens with one attached hydrogen (secondary N) is 2. The van der Waals surface area contributed by atoms with Gasteiger partial charge in [-0.25, -0.2) is 9.79 Å². The topological polar surface area (TPSA) is 83.7 Å². The maximum atomic E-state index is 13.0. The minimum absolute atomic E-state index is 0.158. The lowest BCUT2D eigenvalue weighted by Crippen LogP contribution is -2.54. The summed E-state index contributed by atoms with van der Waals surface area (Å²) in [5.41, 5.74) is 1.14. The first-order valence-electron chi connectivity index (χ1n) is 9.82. The Morgan fingerprint density at radius 2 is 1.77 bits per heavy atom. The normalized spacial score (nSPS) is 19.9. The Kier molecular flexibility index (Phi) is 3.67. The Bertz CT molecular complexity index is 1540. The average molecular weight is 425 g/mol. The van der Waals surface area contributed by atoms with E-state index in [2.05, 4.69) is 15.6 Å².